The van der Waals surface area contributed by atoms with E-state index in [1.165, 1.54) is 12.1 Å². The highest BCUT2D eigenvalue weighted by atomic mass is 79.9. The van der Waals surface area contributed by atoms with E-state index in [1.54, 1.807) is 0 Å². The molecule has 82 valence electrons. The first kappa shape index (κ1) is 12.1. The maximum atomic E-state index is 12.8. The van der Waals surface area contributed by atoms with Gasteiger partial charge in [-0.1, -0.05) is 13.8 Å². The van der Waals surface area contributed by atoms with Crippen LogP contribution in [-0.2, 0) is 4.79 Å². The van der Waals surface area contributed by atoms with E-state index < -0.39 is 5.82 Å². The smallest absolute Gasteiger partial charge is 0.228 e. The molecule has 1 aromatic heterocycles. The maximum Gasteiger partial charge on any atom is 0.228 e. The maximum absolute atomic E-state index is 12.8. The molecule has 0 radical (unpaired) electrons. The Morgan fingerprint density at radius 2 is 2.33 bits per heavy atom. The fourth-order valence-electron chi connectivity index (χ4n) is 0.922. The van der Waals surface area contributed by atoms with Crippen LogP contribution >= 0.6 is 15.9 Å². The third kappa shape index (κ3) is 3.27. The third-order valence-corrected chi connectivity index (χ3v) is 2.67. The number of halogens is 2. The number of hydrogen-bond donors (Lipinski definition) is 1. The zero-order chi connectivity index (χ0) is 11.4. The van der Waals surface area contributed by atoms with Crippen LogP contribution in [0.5, 0.6) is 0 Å². The lowest BCUT2D eigenvalue weighted by molar-refractivity contribution is -0.119. The molecule has 1 N–H and O–H groups in total. The molecule has 0 fully saturated rings. The first-order valence-electron chi connectivity index (χ1n) is 4.67. The summed E-state index contributed by atoms with van der Waals surface area (Å²) in [5, 5.41) is 2.61. The molecule has 1 rings (SSSR count). The second-order valence-electron chi connectivity index (χ2n) is 3.27. The van der Waals surface area contributed by atoms with Gasteiger partial charge in [0.25, 0.3) is 0 Å². The van der Waals surface area contributed by atoms with E-state index in [4.69, 9.17) is 0 Å². The van der Waals surface area contributed by atoms with E-state index in [2.05, 4.69) is 26.2 Å². The Morgan fingerprint density at radius 3 is 2.87 bits per heavy atom. The standard InChI is InChI=1S/C10H12BrFN2O/c1-3-6(2)10(15)14-8-5-4-7(12)9(11)13-8/h4-6H,3H2,1-2H3,(H,13,14,15). The van der Waals surface area contributed by atoms with Crippen LogP contribution in [0.2, 0.25) is 0 Å². The Labute approximate surface area is 96.2 Å². The molecule has 0 bridgehead atoms. The minimum absolute atomic E-state index is 0.0735. The summed E-state index contributed by atoms with van der Waals surface area (Å²) < 4.78 is 12.9. The van der Waals surface area contributed by atoms with Gasteiger partial charge in [0.15, 0.2) is 5.82 Å². The SMILES string of the molecule is CCC(C)C(=O)Nc1ccc(F)c(Br)n1. The number of hydrogen-bond acceptors (Lipinski definition) is 2. The summed E-state index contributed by atoms with van der Waals surface area (Å²) in [7, 11) is 0. The number of amides is 1. The molecule has 1 aromatic rings. The van der Waals surface area contributed by atoms with Crippen molar-refractivity contribution < 1.29 is 9.18 Å². The number of anilines is 1. The van der Waals surface area contributed by atoms with Gasteiger partial charge in [0.05, 0.1) is 0 Å². The Hall–Kier alpha value is -0.970. The lowest BCUT2D eigenvalue weighted by Gasteiger charge is -2.09. The molecule has 1 heterocycles. The molecule has 1 unspecified atom stereocenters. The minimum Gasteiger partial charge on any atom is -0.310 e. The first-order chi connectivity index (χ1) is 7.04. The number of nitrogens with zero attached hydrogens (tertiary/aromatic N) is 1. The van der Waals surface area contributed by atoms with Crippen LogP contribution in [0, 0.1) is 11.7 Å². The topological polar surface area (TPSA) is 42.0 Å². The third-order valence-electron chi connectivity index (χ3n) is 2.11. The van der Waals surface area contributed by atoms with Gasteiger partial charge in [0, 0.05) is 5.92 Å². The fourth-order valence-corrected chi connectivity index (χ4v) is 1.24. The molecule has 0 aliphatic carbocycles. The van der Waals surface area contributed by atoms with Gasteiger partial charge in [0.1, 0.15) is 10.4 Å². The highest BCUT2D eigenvalue weighted by Gasteiger charge is 2.11. The summed E-state index contributed by atoms with van der Waals surface area (Å²) in [4.78, 5) is 15.3. The normalized spacial score (nSPS) is 12.3. The summed E-state index contributed by atoms with van der Waals surface area (Å²) in [5.74, 6) is -0.274. The number of rotatable bonds is 3. The lowest BCUT2D eigenvalue weighted by atomic mass is 10.1. The van der Waals surface area contributed by atoms with Crippen molar-refractivity contribution in [3.05, 3.63) is 22.6 Å². The lowest BCUT2D eigenvalue weighted by Crippen LogP contribution is -2.20. The largest absolute Gasteiger partial charge is 0.310 e. The second-order valence-corrected chi connectivity index (χ2v) is 4.02. The molecule has 15 heavy (non-hydrogen) atoms. The number of pyridine rings is 1. The fraction of sp³-hybridized carbons (Fsp3) is 0.400. The molecule has 5 heteroatoms. The molecule has 0 aliphatic heterocycles. The summed E-state index contributed by atoms with van der Waals surface area (Å²) in [6.45, 7) is 3.76. The molecule has 0 saturated carbocycles. The molecule has 0 saturated heterocycles. The molecular weight excluding hydrogens is 263 g/mol. The van der Waals surface area contributed by atoms with E-state index in [0.717, 1.165) is 6.42 Å². The monoisotopic (exact) mass is 274 g/mol. The van der Waals surface area contributed by atoms with Crippen LogP contribution < -0.4 is 5.32 Å². The quantitative estimate of drug-likeness (QED) is 0.862. The Kier molecular flexibility index (Phi) is 4.20. The molecule has 1 atom stereocenters. The summed E-state index contributed by atoms with van der Waals surface area (Å²) in [6, 6.07) is 2.68. The van der Waals surface area contributed by atoms with Crippen molar-refractivity contribution in [1.29, 1.82) is 0 Å². The van der Waals surface area contributed by atoms with Gasteiger partial charge in [0.2, 0.25) is 5.91 Å². The molecular formula is C10H12BrFN2O. The van der Waals surface area contributed by atoms with Gasteiger partial charge in [-0.3, -0.25) is 4.79 Å². The number of aromatic nitrogens is 1. The molecule has 0 aromatic carbocycles. The highest BCUT2D eigenvalue weighted by Crippen LogP contribution is 2.16. The zero-order valence-electron chi connectivity index (χ0n) is 8.55. The van der Waals surface area contributed by atoms with Gasteiger partial charge in [-0.15, -0.1) is 0 Å². The van der Waals surface area contributed by atoms with Crippen LogP contribution in [0.25, 0.3) is 0 Å². The van der Waals surface area contributed by atoms with Crippen molar-refractivity contribution in [3.63, 3.8) is 0 Å². The van der Waals surface area contributed by atoms with Crippen molar-refractivity contribution in [2.45, 2.75) is 20.3 Å². The van der Waals surface area contributed by atoms with Crippen molar-refractivity contribution >= 4 is 27.7 Å². The average molecular weight is 275 g/mol. The molecule has 0 spiro atoms. The number of carbonyl (C=O) groups excluding carboxylic acids is 1. The summed E-state index contributed by atoms with van der Waals surface area (Å²) in [6.07, 6.45) is 0.758. The first-order valence-corrected chi connectivity index (χ1v) is 5.46. The van der Waals surface area contributed by atoms with Gasteiger partial charge in [-0.05, 0) is 34.5 Å². The van der Waals surface area contributed by atoms with Crippen LogP contribution in [-0.4, -0.2) is 10.9 Å². The Bertz CT molecular complexity index is 370. The second kappa shape index (κ2) is 5.21. The van der Waals surface area contributed by atoms with Crippen LogP contribution in [0.15, 0.2) is 16.7 Å². The van der Waals surface area contributed by atoms with Gasteiger partial charge in [-0.2, -0.15) is 0 Å². The van der Waals surface area contributed by atoms with E-state index >= 15 is 0 Å². The molecule has 1 amide bonds. The van der Waals surface area contributed by atoms with Crippen molar-refractivity contribution in [2.75, 3.05) is 5.32 Å². The number of carbonyl (C=O) groups is 1. The van der Waals surface area contributed by atoms with Gasteiger partial charge in [-0.25, -0.2) is 9.37 Å². The van der Waals surface area contributed by atoms with Crippen molar-refractivity contribution in [2.24, 2.45) is 5.92 Å². The van der Waals surface area contributed by atoms with E-state index in [0.29, 0.717) is 5.82 Å². The predicted molar refractivity (Wildman–Crippen MR) is 60.0 cm³/mol. The Morgan fingerprint density at radius 1 is 1.67 bits per heavy atom. The summed E-state index contributed by atoms with van der Waals surface area (Å²) >= 11 is 2.95. The van der Waals surface area contributed by atoms with E-state index in [-0.39, 0.29) is 16.4 Å². The average Bonchev–Trinajstić information content (AvgIpc) is 2.22. The zero-order valence-corrected chi connectivity index (χ0v) is 10.1. The van der Waals surface area contributed by atoms with E-state index in [1.807, 2.05) is 13.8 Å². The van der Waals surface area contributed by atoms with Crippen LogP contribution in [0.1, 0.15) is 20.3 Å². The Balaban J connectivity index is 2.73. The highest BCUT2D eigenvalue weighted by molar-refractivity contribution is 9.10. The predicted octanol–water partition coefficient (Wildman–Crippen LogP) is 2.97. The molecule has 0 aliphatic rings. The van der Waals surface area contributed by atoms with Crippen molar-refractivity contribution in [1.82, 2.24) is 4.98 Å². The van der Waals surface area contributed by atoms with Crippen LogP contribution in [0.4, 0.5) is 10.2 Å². The minimum atomic E-state index is -0.448. The van der Waals surface area contributed by atoms with E-state index in [9.17, 15) is 9.18 Å². The van der Waals surface area contributed by atoms with Gasteiger partial charge < -0.3 is 5.32 Å². The molecule has 3 nitrogen and oxygen atoms in total. The summed E-state index contributed by atoms with van der Waals surface area (Å²) in [5.41, 5.74) is 0. The van der Waals surface area contributed by atoms with Gasteiger partial charge >= 0.3 is 0 Å². The van der Waals surface area contributed by atoms with Crippen LogP contribution in [0.3, 0.4) is 0 Å². The van der Waals surface area contributed by atoms with Crippen molar-refractivity contribution in [3.8, 4) is 0 Å². The number of nitrogens with one attached hydrogen (secondary N) is 1.